The maximum absolute atomic E-state index is 9.09. The van der Waals surface area contributed by atoms with Crippen molar-refractivity contribution in [3.8, 4) is 0 Å². The molecule has 0 spiro atoms. The van der Waals surface area contributed by atoms with Crippen molar-refractivity contribution in [1.29, 1.82) is 0 Å². The van der Waals surface area contributed by atoms with E-state index in [9.17, 15) is 0 Å². The van der Waals surface area contributed by atoms with Crippen molar-refractivity contribution in [2.75, 3.05) is 13.2 Å². The van der Waals surface area contributed by atoms with Crippen LogP contribution in [0.5, 0.6) is 0 Å². The second-order valence-corrected chi connectivity index (χ2v) is 5.30. The lowest BCUT2D eigenvalue weighted by atomic mass is 10.0. The quantitative estimate of drug-likeness (QED) is 0.824. The van der Waals surface area contributed by atoms with Crippen LogP contribution in [0, 0.1) is 0 Å². The Labute approximate surface area is 128 Å². The number of thiocarbonyl (C=S) groups is 1. The fourth-order valence-corrected chi connectivity index (χ4v) is 2.99. The normalized spacial score (nSPS) is 21.6. The lowest BCUT2D eigenvalue weighted by molar-refractivity contribution is 0.232. The number of aliphatic hydroxyl groups is 1. The Morgan fingerprint density at radius 1 is 1.33 bits per heavy atom. The van der Waals surface area contributed by atoms with Crippen molar-refractivity contribution >= 4 is 17.3 Å². The lowest BCUT2D eigenvalue weighted by Crippen LogP contribution is -2.30. The number of rotatable bonds is 5. The first kappa shape index (κ1) is 14.0. The molecule has 1 aliphatic heterocycles. The summed E-state index contributed by atoms with van der Waals surface area (Å²) in [6.07, 6.45) is 4.10. The Balaban J connectivity index is 1.94. The zero-order chi connectivity index (χ0) is 14.7. The van der Waals surface area contributed by atoms with Crippen molar-refractivity contribution in [2.45, 2.75) is 18.5 Å². The topological polar surface area (TPSA) is 61.5 Å². The second-order valence-electron chi connectivity index (χ2n) is 4.91. The van der Waals surface area contributed by atoms with Crippen molar-refractivity contribution in [1.82, 2.24) is 15.2 Å². The summed E-state index contributed by atoms with van der Waals surface area (Å²) in [5.74, 6) is 0.843. The highest BCUT2D eigenvalue weighted by Gasteiger charge is 2.40. The third kappa shape index (κ3) is 2.77. The second kappa shape index (κ2) is 6.24. The van der Waals surface area contributed by atoms with Crippen LogP contribution in [0.25, 0.3) is 0 Å². The first-order chi connectivity index (χ1) is 10.3. The zero-order valence-corrected chi connectivity index (χ0v) is 12.3. The van der Waals surface area contributed by atoms with E-state index in [-0.39, 0.29) is 18.7 Å². The molecule has 0 aliphatic carbocycles. The number of nitrogens with zero attached hydrogens (tertiary/aromatic N) is 2. The third-order valence-electron chi connectivity index (χ3n) is 3.59. The Morgan fingerprint density at radius 2 is 2.24 bits per heavy atom. The molecular formula is C15H17N3O2S. The van der Waals surface area contributed by atoms with E-state index in [1.807, 2.05) is 30.3 Å². The van der Waals surface area contributed by atoms with E-state index in [1.54, 1.807) is 12.5 Å². The van der Waals surface area contributed by atoms with Gasteiger partial charge in [-0.3, -0.25) is 4.98 Å². The molecule has 0 aromatic carbocycles. The molecule has 0 saturated carbocycles. The van der Waals surface area contributed by atoms with Crippen LogP contribution < -0.4 is 5.32 Å². The summed E-state index contributed by atoms with van der Waals surface area (Å²) in [5, 5.41) is 13.1. The molecule has 6 heteroatoms. The Bertz CT molecular complexity index is 588. The van der Waals surface area contributed by atoms with Crippen molar-refractivity contribution in [3.05, 3.63) is 54.2 Å². The third-order valence-corrected chi connectivity index (χ3v) is 3.94. The van der Waals surface area contributed by atoms with Crippen LogP contribution in [-0.4, -0.2) is 33.3 Å². The molecule has 110 valence electrons. The van der Waals surface area contributed by atoms with Gasteiger partial charge >= 0.3 is 0 Å². The summed E-state index contributed by atoms with van der Waals surface area (Å²) in [6.45, 7) is 0.815. The van der Waals surface area contributed by atoms with E-state index in [1.165, 1.54) is 0 Å². The van der Waals surface area contributed by atoms with Gasteiger partial charge < -0.3 is 19.7 Å². The molecule has 3 heterocycles. The van der Waals surface area contributed by atoms with Gasteiger partial charge in [0.25, 0.3) is 0 Å². The maximum atomic E-state index is 9.09. The average molecular weight is 303 g/mol. The molecule has 2 atom stereocenters. The Hall–Kier alpha value is -1.92. The van der Waals surface area contributed by atoms with Gasteiger partial charge in [-0.25, -0.2) is 0 Å². The molecule has 2 aromatic rings. The van der Waals surface area contributed by atoms with Gasteiger partial charge in [-0.15, -0.1) is 0 Å². The molecule has 1 saturated heterocycles. The minimum absolute atomic E-state index is 0.0473. The van der Waals surface area contributed by atoms with Crippen LogP contribution in [0.4, 0.5) is 0 Å². The molecule has 1 fully saturated rings. The van der Waals surface area contributed by atoms with Gasteiger partial charge in [0.05, 0.1) is 18.0 Å². The largest absolute Gasteiger partial charge is 0.467 e. The molecule has 21 heavy (non-hydrogen) atoms. The summed E-state index contributed by atoms with van der Waals surface area (Å²) >= 11 is 5.45. The number of pyridine rings is 1. The molecule has 0 bridgehead atoms. The van der Waals surface area contributed by atoms with Gasteiger partial charge in [0.15, 0.2) is 5.11 Å². The van der Waals surface area contributed by atoms with E-state index < -0.39 is 0 Å². The highest BCUT2D eigenvalue weighted by Crippen LogP contribution is 2.38. The average Bonchev–Trinajstić information content (AvgIpc) is 3.13. The number of hydrogen-bond acceptors (Lipinski definition) is 4. The lowest BCUT2D eigenvalue weighted by Gasteiger charge is -2.25. The van der Waals surface area contributed by atoms with E-state index in [0.29, 0.717) is 18.1 Å². The molecule has 5 nitrogen and oxygen atoms in total. The summed E-state index contributed by atoms with van der Waals surface area (Å²) in [6, 6.07) is 9.55. The molecule has 0 radical (unpaired) electrons. The number of aliphatic hydroxyl groups excluding tert-OH is 1. The SMILES string of the molecule is OCCCN1C(=S)N[C@@H](c2ccccn2)[C@@H]1c1ccco1. The maximum Gasteiger partial charge on any atom is 0.170 e. The number of aromatic nitrogens is 1. The van der Waals surface area contributed by atoms with Gasteiger partial charge in [-0.2, -0.15) is 0 Å². The minimum Gasteiger partial charge on any atom is -0.467 e. The Morgan fingerprint density at radius 3 is 2.90 bits per heavy atom. The predicted octanol–water partition coefficient (Wildman–Crippen LogP) is 2.03. The molecule has 2 N–H and O–H groups in total. The van der Waals surface area contributed by atoms with E-state index >= 15 is 0 Å². The van der Waals surface area contributed by atoms with E-state index in [4.69, 9.17) is 21.7 Å². The highest BCUT2D eigenvalue weighted by molar-refractivity contribution is 7.80. The summed E-state index contributed by atoms with van der Waals surface area (Å²) in [5.41, 5.74) is 0.924. The number of furan rings is 1. The highest BCUT2D eigenvalue weighted by atomic mass is 32.1. The fraction of sp³-hybridized carbons (Fsp3) is 0.333. The number of hydrogen-bond donors (Lipinski definition) is 2. The fourth-order valence-electron chi connectivity index (χ4n) is 2.66. The minimum atomic E-state index is -0.0523. The Kier molecular flexibility index (Phi) is 4.17. The standard InChI is InChI=1S/C15H17N3O2S/c19-9-4-8-18-14(12-6-3-10-20-12)13(17-15(18)21)11-5-1-2-7-16-11/h1-3,5-7,10,13-14,19H,4,8-9H2,(H,17,21)/t13-,14-/m0/s1. The number of nitrogens with one attached hydrogen (secondary N) is 1. The molecule has 3 rings (SSSR count). The summed E-state index contributed by atoms with van der Waals surface area (Å²) in [7, 11) is 0. The van der Waals surface area contributed by atoms with E-state index in [0.717, 1.165) is 11.5 Å². The van der Waals surface area contributed by atoms with Crippen molar-refractivity contribution in [3.63, 3.8) is 0 Å². The summed E-state index contributed by atoms with van der Waals surface area (Å²) in [4.78, 5) is 6.49. The van der Waals surface area contributed by atoms with Gasteiger partial charge in [0.1, 0.15) is 11.8 Å². The van der Waals surface area contributed by atoms with Crippen LogP contribution in [0.15, 0.2) is 47.2 Å². The van der Waals surface area contributed by atoms with Gasteiger partial charge in [-0.05, 0) is 42.9 Å². The molecule has 0 amide bonds. The smallest absolute Gasteiger partial charge is 0.170 e. The molecule has 0 unspecified atom stereocenters. The van der Waals surface area contributed by atoms with Crippen molar-refractivity contribution in [2.24, 2.45) is 0 Å². The van der Waals surface area contributed by atoms with Crippen LogP contribution >= 0.6 is 12.2 Å². The van der Waals surface area contributed by atoms with E-state index in [2.05, 4.69) is 15.2 Å². The first-order valence-corrected chi connectivity index (χ1v) is 7.34. The van der Waals surface area contributed by atoms with Gasteiger partial charge in [0, 0.05) is 19.3 Å². The van der Waals surface area contributed by atoms with Crippen molar-refractivity contribution < 1.29 is 9.52 Å². The van der Waals surface area contributed by atoms with Gasteiger partial charge in [-0.1, -0.05) is 6.07 Å². The molecular weight excluding hydrogens is 286 g/mol. The zero-order valence-electron chi connectivity index (χ0n) is 11.5. The monoisotopic (exact) mass is 303 g/mol. The van der Waals surface area contributed by atoms with Crippen LogP contribution in [0.1, 0.15) is 30.0 Å². The molecule has 1 aliphatic rings. The molecule has 2 aromatic heterocycles. The van der Waals surface area contributed by atoms with Gasteiger partial charge in [0.2, 0.25) is 0 Å². The predicted molar refractivity (Wildman–Crippen MR) is 82.6 cm³/mol. The van der Waals surface area contributed by atoms with Crippen LogP contribution in [0.3, 0.4) is 0 Å². The summed E-state index contributed by atoms with van der Waals surface area (Å²) < 4.78 is 5.60. The first-order valence-electron chi connectivity index (χ1n) is 6.93. The van der Waals surface area contributed by atoms with Crippen LogP contribution in [-0.2, 0) is 0 Å². The van der Waals surface area contributed by atoms with Crippen LogP contribution in [0.2, 0.25) is 0 Å².